The molecule has 0 bridgehead atoms. The lowest BCUT2D eigenvalue weighted by atomic mass is 10.2. The van der Waals surface area contributed by atoms with Gasteiger partial charge in [0.25, 0.3) is 5.78 Å². The van der Waals surface area contributed by atoms with E-state index in [1.54, 1.807) is 11.4 Å². The summed E-state index contributed by atoms with van der Waals surface area (Å²) < 4.78 is 6.72. The third kappa shape index (κ3) is 3.36. The summed E-state index contributed by atoms with van der Waals surface area (Å²) in [5, 5.41) is 14.6. The molecule has 8 nitrogen and oxygen atoms in total. The van der Waals surface area contributed by atoms with Crippen LogP contribution in [-0.2, 0) is 10.5 Å². The van der Waals surface area contributed by atoms with Crippen LogP contribution < -0.4 is 5.73 Å². The predicted octanol–water partition coefficient (Wildman–Crippen LogP) is 2.73. The first-order valence-electron chi connectivity index (χ1n) is 7.76. The van der Waals surface area contributed by atoms with Crippen LogP contribution in [0.2, 0.25) is 0 Å². The van der Waals surface area contributed by atoms with E-state index >= 15 is 0 Å². The van der Waals surface area contributed by atoms with Crippen LogP contribution in [0.5, 0.6) is 0 Å². The van der Waals surface area contributed by atoms with E-state index in [1.165, 1.54) is 11.8 Å². The first-order valence-corrected chi connectivity index (χ1v) is 9.57. The number of anilines is 1. The number of rotatable bonds is 5. The Morgan fingerprint density at radius 3 is 2.92 bits per heavy atom. The number of ether oxygens (including phenoxy) is 1. The minimum Gasteiger partial charge on any atom is -0.462 e. The highest BCUT2D eigenvalue weighted by Gasteiger charge is 2.23. The minimum atomic E-state index is -0.475. The van der Waals surface area contributed by atoms with Crippen LogP contribution in [-0.4, -0.2) is 32.2 Å². The number of thioether (sulfide) groups is 1. The number of thiophene rings is 1. The lowest BCUT2D eigenvalue weighted by molar-refractivity contribution is 0.0531. The minimum absolute atomic E-state index is 0.253. The van der Waals surface area contributed by atoms with E-state index in [9.17, 15) is 10.1 Å². The van der Waals surface area contributed by atoms with Gasteiger partial charge in [-0.1, -0.05) is 11.8 Å². The van der Waals surface area contributed by atoms with Gasteiger partial charge >= 0.3 is 5.97 Å². The molecule has 0 aliphatic rings. The lowest BCUT2D eigenvalue weighted by Crippen LogP contribution is -2.05. The predicted molar refractivity (Wildman–Crippen MR) is 99.2 cm³/mol. The van der Waals surface area contributed by atoms with Gasteiger partial charge in [0, 0.05) is 22.7 Å². The van der Waals surface area contributed by atoms with Gasteiger partial charge in [-0.05, 0) is 26.8 Å². The molecule has 0 unspecified atom stereocenters. The molecular formula is C16H16N6O2S2. The Hall–Kier alpha value is -2.64. The van der Waals surface area contributed by atoms with Crippen molar-refractivity contribution in [3.05, 3.63) is 33.5 Å². The van der Waals surface area contributed by atoms with Crippen molar-refractivity contribution >= 4 is 39.8 Å². The summed E-state index contributed by atoms with van der Waals surface area (Å²) in [7, 11) is 0. The van der Waals surface area contributed by atoms with Crippen LogP contribution in [0, 0.1) is 25.2 Å². The molecule has 3 heterocycles. The molecule has 0 radical (unpaired) electrons. The number of aryl methyl sites for hydroxylation is 2. The third-order valence-corrected chi connectivity index (χ3v) is 5.46. The van der Waals surface area contributed by atoms with Gasteiger partial charge in [-0.3, -0.25) is 0 Å². The molecule has 3 aromatic rings. The Kier molecular flexibility index (Phi) is 5.11. The number of carbonyl (C=O) groups excluding carboxylic acids is 1. The molecular weight excluding hydrogens is 372 g/mol. The molecule has 0 saturated carbocycles. The van der Waals surface area contributed by atoms with E-state index in [0.717, 1.165) is 22.7 Å². The number of nitrogens with two attached hydrogens (primary N) is 1. The van der Waals surface area contributed by atoms with E-state index in [-0.39, 0.29) is 6.61 Å². The first-order chi connectivity index (χ1) is 12.4. The van der Waals surface area contributed by atoms with Crippen LogP contribution in [0.3, 0.4) is 0 Å². The van der Waals surface area contributed by atoms with E-state index in [1.807, 2.05) is 19.9 Å². The van der Waals surface area contributed by atoms with Gasteiger partial charge in [-0.15, -0.1) is 16.4 Å². The van der Waals surface area contributed by atoms with Crippen molar-refractivity contribution in [2.45, 2.75) is 31.7 Å². The highest BCUT2D eigenvalue weighted by Crippen LogP contribution is 2.35. The molecule has 0 atom stereocenters. The van der Waals surface area contributed by atoms with Crippen LogP contribution in [0.4, 0.5) is 5.00 Å². The van der Waals surface area contributed by atoms with Crippen molar-refractivity contribution in [3.8, 4) is 6.07 Å². The number of nitriles is 1. The van der Waals surface area contributed by atoms with Crippen molar-refractivity contribution in [1.29, 1.82) is 5.26 Å². The molecule has 0 fully saturated rings. The fourth-order valence-electron chi connectivity index (χ4n) is 2.45. The summed E-state index contributed by atoms with van der Waals surface area (Å²) in [5.74, 6) is 0.373. The van der Waals surface area contributed by atoms with Crippen molar-refractivity contribution in [2.75, 3.05) is 12.3 Å². The molecule has 3 rings (SSSR count). The quantitative estimate of drug-likeness (QED) is 0.523. The first kappa shape index (κ1) is 18.2. The Balaban J connectivity index is 1.91. The summed E-state index contributed by atoms with van der Waals surface area (Å²) in [6.07, 6.45) is 0. The highest BCUT2D eigenvalue weighted by molar-refractivity contribution is 7.98. The second kappa shape index (κ2) is 7.31. The smallest absolute Gasteiger partial charge is 0.348 e. The van der Waals surface area contributed by atoms with Gasteiger partial charge in [0.1, 0.15) is 15.9 Å². The Bertz CT molecular complexity index is 1030. The fourth-order valence-corrected chi connectivity index (χ4v) is 4.32. The molecule has 10 heteroatoms. The Labute approximate surface area is 158 Å². The van der Waals surface area contributed by atoms with E-state index in [2.05, 4.69) is 21.1 Å². The van der Waals surface area contributed by atoms with Gasteiger partial charge in [-0.25, -0.2) is 14.3 Å². The number of aromatic nitrogens is 4. The van der Waals surface area contributed by atoms with Gasteiger partial charge in [0.2, 0.25) is 5.16 Å². The average molecular weight is 388 g/mol. The molecule has 0 aliphatic heterocycles. The molecule has 3 aromatic heterocycles. The lowest BCUT2D eigenvalue weighted by Gasteiger charge is -2.03. The van der Waals surface area contributed by atoms with Gasteiger partial charge < -0.3 is 10.5 Å². The molecule has 134 valence electrons. The second-order valence-electron chi connectivity index (χ2n) is 5.42. The monoisotopic (exact) mass is 388 g/mol. The number of hydrogen-bond donors (Lipinski definition) is 1. The topological polar surface area (TPSA) is 119 Å². The van der Waals surface area contributed by atoms with Crippen molar-refractivity contribution in [2.24, 2.45) is 0 Å². The van der Waals surface area contributed by atoms with Gasteiger partial charge in [-0.2, -0.15) is 10.2 Å². The molecule has 0 saturated heterocycles. The zero-order valence-electron chi connectivity index (χ0n) is 14.4. The largest absolute Gasteiger partial charge is 0.462 e. The summed E-state index contributed by atoms with van der Waals surface area (Å²) in [4.78, 5) is 21.3. The summed E-state index contributed by atoms with van der Waals surface area (Å²) in [6.45, 7) is 5.81. The second-order valence-corrected chi connectivity index (χ2v) is 7.41. The number of carbonyl (C=O) groups is 1. The average Bonchev–Trinajstić information content (AvgIpc) is 3.13. The summed E-state index contributed by atoms with van der Waals surface area (Å²) >= 11 is 2.38. The van der Waals surface area contributed by atoms with Crippen LogP contribution in [0.25, 0.3) is 5.78 Å². The number of hydrogen-bond acceptors (Lipinski definition) is 9. The SMILES string of the molecule is CCOC(=O)c1sc(N)c(C#N)c1CSc1nc2nc(C)cc(C)n2n1. The fraction of sp³-hybridized carbons (Fsp3) is 0.312. The molecule has 26 heavy (non-hydrogen) atoms. The van der Waals surface area contributed by atoms with Crippen molar-refractivity contribution in [3.63, 3.8) is 0 Å². The third-order valence-electron chi connectivity index (χ3n) is 3.55. The maximum absolute atomic E-state index is 12.1. The number of nitrogen functional groups attached to an aromatic ring is 1. The van der Waals surface area contributed by atoms with Crippen LogP contribution in [0.1, 0.15) is 39.1 Å². The van der Waals surface area contributed by atoms with Gasteiger partial charge in [0.15, 0.2) is 0 Å². The number of esters is 1. The standard InChI is InChI=1S/C16H16N6O2S2/c1-4-24-14(23)12-11(10(6-17)13(18)26-12)7-25-16-20-15-19-8(2)5-9(3)22(15)21-16/h5H,4,7,18H2,1-3H3. The molecule has 0 aromatic carbocycles. The summed E-state index contributed by atoms with van der Waals surface area (Å²) in [6, 6.07) is 3.99. The van der Waals surface area contributed by atoms with E-state index < -0.39 is 5.97 Å². The number of fused-ring (bicyclic) bond motifs is 1. The van der Waals surface area contributed by atoms with Crippen molar-refractivity contribution in [1.82, 2.24) is 19.6 Å². The van der Waals surface area contributed by atoms with Crippen molar-refractivity contribution < 1.29 is 9.53 Å². The highest BCUT2D eigenvalue weighted by atomic mass is 32.2. The Morgan fingerprint density at radius 2 is 2.23 bits per heavy atom. The molecule has 2 N–H and O–H groups in total. The molecule has 0 spiro atoms. The van der Waals surface area contributed by atoms with Crippen LogP contribution in [0.15, 0.2) is 11.2 Å². The maximum atomic E-state index is 12.1. The number of nitrogens with zero attached hydrogens (tertiary/aromatic N) is 5. The molecule has 0 aliphatic carbocycles. The Morgan fingerprint density at radius 1 is 1.46 bits per heavy atom. The normalized spacial score (nSPS) is 10.8. The van der Waals surface area contributed by atoms with Gasteiger partial charge in [0.05, 0.1) is 12.2 Å². The zero-order valence-corrected chi connectivity index (χ0v) is 16.1. The van der Waals surface area contributed by atoms with E-state index in [4.69, 9.17) is 10.5 Å². The maximum Gasteiger partial charge on any atom is 0.348 e. The van der Waals surface area contributed by atoms with Crippen LogP contribution >= 0.6 is 23.1 Å². The zero-order chi connectivity index (χ0) is 18.8. The summed E-state index contributed by atoms with van der Waals surface area (Å²) in [5.41, 5.74) is 8.54. The van der Waals surface area contributed by atoms with E-state index in [0.29, 0.717) is 37.7 Å². The molecule has 0 amide bonds.